The smallest absolute Gasteiger partial charge is 0.306 e. The SMILES string of the molecule is CCCCC/C=C\C=C/CCCCCCCCCCCCC(=O)OCC(COC(=O)CCCCCCC/C=C\C=C/CCCCCCCCC)OC(=O)CCCCCCCCC/C=C\CCCCCCCCCC. The number of ether oxygens (including phenoxy) is 3. The Balaban J connectivity index is 4.39. The first-order chi connectivity index (χ1) is 36.5. The number of carbonyl (C=O) groups is 3. The van der Waals surface area contributed by atoms with Crippen molar-refractivity contribution in [1.82, 2.24) is 0 Å². The van der Waals surface area contributed by atoms with Gasteiger partial charge in [0.15, 0.2) is 6.10 Å². The molecule has 1 unspecified atom stereocenters. The van der Waals surface area contributed by atoms with Gasteiger partial charge < -0.3 is 14.2 Å². The van der Waals surface area contributed by atoms with Crippen molar-refractivity contribution in [3.05, 3.63) is 60.8 Å². The highest BCUT2D eigenvalue weighted by Gasteiger charge is 2.19. The van der Waals surface area contributed by atoms with Gasteiger partial charge in [-0.1, -0.05) is 281 Å². The molecule has 74 heavy (non-hydrogen) atoms. The van der Waals surface area contributed by atoms with E-state index >= 15 is 0 Å². The molecule has 0 aliphatic carbocycles. The van der Waals surface area contributed by atoms with Crippen molar-refractivity contribution >= 4 is 17.9 Å². The average Bonchev–Trinajstić information content (AvgIpc) is 3.40. The number of esters is 3. The van der Waals surface area contributed by atoms with Crippen molar-refractivity contribution in [2.75, 3.05) is 13.2 Å². The summed E-state index contributed by atoms with van der Waals surface area (Å²) in [6, 6.07) is 0. The van der Waals surface area contributed by atoms with E-state index in [4.69, 9.17) is 14.2 Å². The predicted molar refractivity (Wildman–Crippen MR) is 321 cm³/mol. The summed E-state index contributed by atoms with van der Waals surface area (Å²) in [5, 5.41) is 0. The van der Waals surface area contributed by atoms with Crippen molar-refractivity contribution in [3.63, 3.8) is 0 Å². The molecular weight excluding hydrogens is 913 g/mol. The monoisotopic (exact) mass is 1030 g/mol. The van der Waals surface area contributed by atoms with Gasteiger partial charge >= 0.3 is 17.9 Å². The summed E-state index contributed by atoms with van der Waals surface area (Å²) in [4.78, 5) is 38.3. The van der Waals surface area contributed by atoms with Gasteiger partial charge in [-0.2, -0.15) is 0 Å². The van der Waals surface area contributed by atoms with Crippen LogP contribution in [0.1, 0.15) is 335 Å². The van der Waals surface area contributed by atoms with Crippen LogP contribution in [-0.4, -0.2) is 37.2 Å². The molecule has 0 N–H and O–H groups in total. The molecule has 0 aromatic rings. The second kappa shape index (κ2) is 62.6. The summed E-state index contributed by atoms with van der Waals surface area (Å²) in [7, 11) is 0. The molecule has 0 bridgehead atoms. The number of hydrogen-bond donors (Lipinski definition) is 0. The van der Waals surface area contributed by atoms with E-state index in [-0.39, 0.29) is 31.1 Å². The summed E-state index contributed by atoms with van der Waals surface area (Å²) in [6.45, 7) is 6.63. The molecule has 0 saturated carbocycles. The molecule has 0 amide bonds. The van der Waals surface area contributed by atoms with E-state index in [9.17, 15) is 14.4 Å². The number of rotatable bonds is 59. The van der Waals surface area contributed by atoms with Crippen LogP contribution in [0, 0.1) is 0 Å². The van der Waals surface area contributed by atoms with Crippen LogP contribution in [0.15, 0.2) is 60.8 Å². The summed E-state index contributed by atoms with van der Waals surface area (Å²) < 4.78 is 16.9. The highest BCUT2D eigenvalue weighted by Crippen LogP contribution is 2.16. The van der Waals surface area contributed by atoms with Crippen LogP contribution in [0.25, 0.3) is 0 Å². The van der Waals surface area contributed by atoms with Crippen molar-refractivity contribution in [2.24, 2.45) is 0 Å². The molecule has 430 valence electrons. The minimum Gasteiger partial charge on any atom is -0.462 e. The fraction of sp³-hybridized carbons (Fsp3) is 0.809. The van der Waals surface area contributed by atoms with Gasteiger partial charge in [0.2, 0.25) is 0 Å². The molecule has 0 aliphatic rings. The van der Waals surface area contributed by atoms with Crippen molar-refractivity contribution in [3.8, 4) is 0 Å². The number of unbranched alkanes of at least 4 members (excludes halogenated alkanes) is 40. The van der Waals surface area contributed by atoms with Crippen molar-refractivity contribution in [2.45, 2.75) is 341 Å². The van der Waals surface area contributed by atoms with E-state index in [1.165, 1.54) is 218 Å². The molecule has 0 aromatic carbocycles. The molecular formula is C68H122O6. The fourth-order valence-electron chi connectivity index (χ4n) is 9.36. The standard InChI is InChI=1S/C68H122O6/c1-4-7-10-13-16-19-22-25-28-31-34-37-40-43-46-49-52-55-58-61-67(70)73-64-65(63-72-66(69)60-57-54-51-48-45-42-39-36-33-30-27-24-21-18-15-12-9-6-3)74-68(71)62-59-56-53-50-47-44-41-38-35-32-29-26-23-20-17-14-11-8-5-2/h16,19,22,25,30,32-33,35-36,39,65H,4-15,17-18,20-21,23-24,26-29,31,34,37-38,40-64H2,1-3H3/b19-16-,25-22-,33-30-,35-32-,39-36-. The van der Waals surface area contributed by atoms with Crippen LogP contribution in [-0.2, 0) is 28.6 Å². The minimum atomic E-state index is -0.785. The topological polar surface area (TPSA) is 78.9 Å². The minimum absolute atomic E-state index is 0.0812. The Hall–Kier alpha value is -2.89. The van der Waals surface area contributed by atoms with Gasteiger partial charge in [-0.15, -0.1) is 0 Å². The van der Waals surface area contributed by atoms with Gasteiger partial charge in [-0.3, -0.25) is 14.4 Å². The normalized spacial score (nSPS) is 12.4. The van der Waals surface area contributed by atoms with E-state index in [1.54, 1.807) is 0 Å². The second-order valence-corrected chi connectivity index (χ2v) is 21.7. The quantitative estimate of drug-likeness (QED) is 0.0199. The second-order valence-electron chi connectivity index (χ2n) is 21.7. The van der Waals surface area contributed by atoms with Gasteiger partial charge in [0.25, 0.3) is 0 Å². The van der Waals surface area contributed by atoms with Gasteiger partial charge in [0.1, 0.15) is 13.2 Å². The number of carbonyl (C=O) groups excluding carboxylic acids is 3. The van der Waals surface area contributed by atoms with Crippen molar-refractivity contribution in [1.29, 1.82) is 0 Å². The largest absolute Gasteiger partial charge is 0.462 e. The first-order valence-corrected chi connectivity index (χ1v) is 32.3. The summed E-state index contributed by atoms with van der Waals surface area (Å²) in [5.41, 5.74) is 0. The molecule has 0 aromatic heterocycles. The molecule has 0 radical (unpaired) electrons. The molecule has 0 rings (SSSR count). The predicted octanol–water partition coefficient (Wildman–Crippen LogP) is 21.9. The van der Waals surface area contributed by atoms with E-state index in [2.05, 4.69) is 81.5 Å². The average molecular weight is 1040 g/mol. The molecule has 0 saturated heterocycles. The van der Waals surface area contributed by atoms with Gasteiger partial charge in [-0.05, 0) is 96.3 Å². The van der Waals surface area contributed by atoms with Crippen LogP contribution >= 0.6 is 0 Å². The molecule has 0 aliphatic heterocycles. The van der Waals surface area contributed by atoms with Gasteiger partial charge in [-0.25, -0.2) is 0 Å². The molecule has 0 spiro atoms. The van der Waals surface area contributed by atoms with Crippen LogP contribution in [0.5, 0.6) is 0 Å². The summed E-state index contributed by atoms with van der Waals surface area (Å²) in [5.74, 6) is -0.887. The molecule has 6 nitrogen and oxygen atoms in total. The van der Waals surface area contributed by atoms with E-state index in [1.807, 2.05) is 0 Å². The third kappa shape index (κ3) is 60.0. The maximum absolute atomic E-state index is 12.9. The lowest BCUT2D eigenvalue weighted by atomic mass is 10.1. The molecule has 1 atom stereocenters. The Labute approximate surface area is 460 Å². The maximum atomic E-state index is 12.9. The van der Waals surface area contributed by atoms with E-state index in [0.29, 0.717) is 19.3 Å². The Morgan fingerprint density at radius 3 is 0.784 bits per heavy atom. The van der Waals surface area contributed by atoms with Crippen molar-refractivity contribution < 1.29 is 28.6 Å². The molecule has 6 heteroatoms. The molecule has 0 fully saturated rings. The lowest BCUT2D eigenvalue weighted by Gasteiger charge is -2.18. The Kier molecular flexibility index (Phi) is 60.2. The number of hydrogen-bond acceptors (Lipinski definition) is 6. The highest BCUT2D eigenvalue weighted by molar-refractivity contribution is 5.71. The first kappa shape index (κ1) is 71.1. The lowest BCUT2D eigenvalue weighted by Crippen LogP contribution is -2.30. The van der Waals surface area contributed by atoms with Gasteiger partial charge in [0, 0.05) is 19.3 Å². The zero-order valence-electron chi connectivity index (χ0n) is 49.4. The van der Waals surface area contributed by atoms with E-state index < -0.39 is 6.10 Å². The van der Waals surface area contributed by atoms with Crippen LogP contribution in [0.2, 0.25) is 0 Å². The van der Waals surface area contributed by atoms with E-state index in [0.717, 1.165) is 77.0 Å². The third-order valence-electron chi connectivity index (χ3n) is 14.3. The van der Waals surface area contributed by atoms with Gasteiger partial charge in [0.05, 0.1) is 0 Å². The maximum Gasteiger partial charge on any atom is 0.306 e. The summed E-state index contributed by atoms with van der Waals surface area (Å²) in [6.07, 6.45) is 79.3. The summed E-state index contributed by atoms with van der Waals surface area (Å²) >= 11 is 0. The lowest BCUT2D eigenvalue weighted by molar-refractivity contribution is -0.167. The Morgan fingerprint density at radius 2 is 0.486 bits per heavy atom. The first-order valence-electron chi connectivity index (χ1n) is 32.3. The fourth-order valence-corrected chi connectivity index (χ4v) is 9.36. The van der Waals surface area contributed by atoms with Crippen LogP contribution in [0.4, 0.5) is 0 Å². The Morgan fingerprint density at radius 1 is 0.270 bits per heavy atom. The molecule has 0 heterocycles. The highest BCUT2D eigenvalue weighted by atomic mass is 16.6. The Bertz CT molecular complexity index is 1330. The zero-order chi connectivity index (χ0) is 53.6. The van der Waals surface area contributed by atoms with Crippen LogP contribution < -0.4 is 0 Å². The zero-order valence-corrected chi connectivity index (χ0v) is 49.4. The third-order valence-corrected chi connectivity index (χ3v) is 14.3. The number of allylic oxidation sites excluding steroid dienone is 10. The van der Waals surface area contributed by atoms with Crippen LogP contribution in [0.3, 0.4) is 0 Å².